The van der Waals surface area contributed by atoms with Crippen LogP contribution >= 0.6 is 11.6 Å². The summed E-state index contributed by atoms with van der Waals surface area (Å²) in [6.45, 7) is 0. The molecule has 0 aliphatic rings. The molecule has 0 spiro atoms. The molecule has 0 radical (unpaired) electrons. The molecule has 5 heteroatoms. The van der Waals surface area contributed by atoms with Gasteiger partial charge in [0.25, 0.3) is 0 Å². The van der Waals surface area contributed by atoms with Gasteiger partial charge in [-0.15, -0.1) is 0 Å². The Balaban J connectivity index is 2.25. The van der Waals surface area contributed by atoms with Crippen LogP contribution in [0, 0.1) is 0 Å². The van der Waals surface area contributed by atoms with Gasteiger partial charge in [0.2, 0.25) is 0 Å². The van der Waals surface area contributed by atoms with Crippen molar-refractivity contribution in [2.45, 2.75) is 0 Å². The number of aromatic nitrogens is 1. The van der Waals surface area contributed by atoms with Crippen LogP contribution in [0.2, 0.25) is 5.02 Å². The molecule has 0 bridgehead atoms. The summed E-state index contributed by atoms with van der Waals surface area (Å²) in [5.41, 5.74) is 8.41. The van der Waals surface area contributed by atoms with Crippen LogP contribution in [0.25, 0.3) is 0 Å². The van der Waals surface area contributed by atoms with Crippen LogP contribution < -0.4 is 16.0 Å². The van der Waals surface area contributed by atoms with Crippen molar-refractivity contribution in [3.63, 3.8) is 0 Å². The van der Waals surface area contributed by atoms with E-state index in [9.17, 15) is 0 Å². The third kappa shape index (κ3) is 2.84. The van der Waals surface area contributed by atoms with Crippen LogP contribution in [-0.4, -0.2) is 19.1 Å². The van der Waals surface area contributed by atoms with Gasteiger partial charge in [0.15, 0.2) is 5.82 Å². The number of hydrogen-bond acceptors (Lipinski definition) is 4. The van der Waals surface area contributed by atoms with Crippen molar-refractivity contribution in [2.24, 2.45) is 0 Å². The fourth-order valence-electron chi connectivity index (χ4n) is 1.56. The van der Waals surface area contributed by atoms with E-state index >= 15 is 0 Å². The predicted molar refractivity (Wildman–Crippen MR) is 77.7 cm³/mol. The van der Waals surface area contributed by atoms with Crippen LogP contribution in [0.15, 0.2) is 36.5 Å². The summed E-state index contributed by atoms with van der Waals surface area (Å²) in [4.78, 5) is 6.20. The first kappa shape index (κ1) is 12.5. The van der Waals surface area contributed by atoms with Crippen molar-refractivity contribution in [2.75, 3.05) is 30.0 Å². The summed E-state index contributed by atoms with van der Waals surface area (Å²) >= 11 is 5.81. The van der Waals surface area contributed by atoms with Gasteiger partial charge in [-0.2, -0.15) is 0 Å². The molecule has 2 aromatic rings. The first-order valence-corrected chi connectivity index (χ1v) is 5.89. The maximum atomic E-state index is 5.85. The molecule has 0 aliphatic carbocycles. The van der Waals surface area contributed by atoms with Crippen LogP contribution in [0.5, 0.6) is 0 Å². The maximum Gasteiger partial charge on any atom is 0.153 e. The molecule has 1 aromatic heterocycles. The smallest absolute Gasteiger partial charge is 0.153 e. The molecule has 2 rings (SSSR count). The van der Waals surface area contributed by atoms with E-state index in [4.69, 9.17) is 17.3 Å². The molecule has 0 fully saturated rings. The Hall–Kier alpha value is -1.94. The zero-order valence-electron chi connectivity index (χ0n) is 10.3. The van der Waals surface area contributed by atoms with Crippen LogP contribution in [0.4, 0.5) is 22.9 Å². The molecule has 94 valence electrons. The zero-order chi connectivity index (χ0) is 13.1. The van der Waals surface area contributed by atoms with Crippen LogP contribution in [0.1, 0.15) is 0 Å². The molecule has 3 N–H and O–H groups in total. The van der Waals surface area contributed by atoms with E-state index in [-0.39, 0.29) is 0 Å². The lowest BCUT2D eigenvalue weighted by Crippen LogP contribution is -2.08. The van der Waals surface area contributed by atoms with Gasteiger partial charge >= 0.3 is 0 Å². The molecule has 4 nitrogen and oxygen atoms in total. The van der Waals surface area contributed by atoms with Crippen LogP contribution in [-0.2, 0) is 0 Å². The molecule has 0 saturated heterocycles. The molecule has 0 amide bonds. The van der Waals surface area contributed by atoms with Crippen molar-refractivity contribution in [1.82, 2.24) is 4.98 Å². The highest BCUT2D eigenvalue weighted by Gasteiger charge is 2.03. The summed E-state index contributed by atoms with van der Waals surface area (Å²) in [6.07, 6.45) is 1.57. The van der Waals surface area contributed by atoms with Gasteiger partial charge in [-0.3, -0.25) is 0 Å². The van der Waals surface area contributed by atoms with Crippen molar-refractivity contribution < 1.29 is 0 Å². The van der Waals surface area contributed by atoms with Gasteiger partial charge in [0.1, 0.15) is 0 Å². The fraction of sp³-hybridized carbons (Fsp3) is 0.154. The van der Waals surface area contributed by atoms with E-state index in [2.05, 4.69) is 10.3 Å². The fourth-order valence-corrected chi connectivity index (χ4v) is 1.72. The van der Waals surface area contributed by atoms with Crippen molar-refractivity contribution in [3.8, 4) is 0 Å². The summed E-state index contributed by atoms with van der Waals surface area (Å²) in [7, 11) is 3.99. The lowest BCUT2D eigenvalue weighted by molar-refractivity contribution is 1.13. The first-order chi connectivity index (χ1) is 8.56. The number of halogens is 1. The van der Waals surface area contributed by atoms with Gasteiger partial charge in [0.05, 0.1) is 10.7 Å². The molecule has 1 aromatic carbocycles. The van der Waals surface area contributed by atoms with Gasteiger partial charge < -0.3 is 16.0 Å². The van der Waals surface area contributed by atoms with E-state index in [1.165, 1.54) is 0 Å². The number of nitrogens with two attached hydrogens (primary N) is 1. The Bertz CT molecular complexity index is 554. The largest absolute Gasteiger partial charge is 0.396 e. The minimum absolute atomic E-state index is 0.526. The van der Waals surface area contributed by atoms with E-state index in [0.29, 0.717) is 16.5 Å². The van der Waals surface area contributed by atoms with Crippen LogP contribution in [0.3, 0.4) is 0 Å². The normalized spacial score (nSPS) is 10.2. The summed E-state index contributed by atoms with van der Waals surface area (Å²) in [5.74, 6) is 0.607. The SMILES string of the molecule is CN(C)c1cccc(Nc2ncc(Cl)cc2N)c1. The molecule has 0 unspecified atom stereocenters. The number of anilines is 4. The summed E-state index contributed by atoms with van der Waals surface area (Å²) < 4.78 is 0. The van der Waals surface area contributed by atoms with Crippen molar-refractivity contribution in [1.29, 1.82) is 0 Å². The number of nitrogens with zero attached hydrogens (tertiary/aromatic N) is 2. The topological polar surface area (TPSA) is 54.2 Å². The Morgan fingerprint density at radius 1 is 1.28 bits per heavy atom. The first-order valence-electron chi connectivity index (χ1n) is 5.51. The minimum Gasteiger partial charge on any atom is -0.396 e. The lowest BCUT2D eigenvalue weighted by atomic mass is 10.2. The highest BCUT2D eigenvalue weighted by atomic mass is 35.5. The molecule has 0 saturated carbocycles. The zero-order valence-corrected chi connectivity index (χ0v) is 11.1. The average Bonchev–Trinajstić information content (AvgIpc) is 2.33. The summed E-state index contributed by atoms with van der Waals surface area (Å²) in [6, 6.07) is 9.67. The second-order valence-corrected chi connectivity index (χ2v) is 4.60. The summed E-state index contributed by atoms with van der Waals surface area (Å²) in [5, 5.41) is 3.70. The van der Waals surface area contributed by atoms with E-state index in [1.807, 2.05) is 43.3 Å². The quantitative estimate of drug-likeness (QED) is 0.892. The second kappa shape index (κ2) is 5.14. The molecular weight excluding hydrogens is 248 g/mol. The molecule has 1 heterocycles. The Kier molecular flexibility index (Phi) is 3.58. The number of nitrogens with one attached hydrogen (secondary N) is 1. The van der Waals surface area contributed by atoms with E-state index in [0.717, 1.165) is 11.4 Å². The van der Waals surface area contributed by atoms with E-state index in [1.54, 1.807) is 12.3 Å². The Labute approximate surface area is 111 Å². The van der Waals surface area contributed by atoms with Crippen molar-refractivity contribution >= 4 is 34.5 Å². The van der Waals surface area contributed by atoms with Gasteiger partial charge in [-0.05, 0) is 24.3 Å². The molecule has 0 aliphatic heterocycles. The number of benzene rings is 1. The van der Waals surface area contributed by atoms with Gasteiger partial charge in [-0.1, -0.05) is 17.7 Å². The second-order valence-electron chi connectivity index (χ2n) is 4.16. The van der Waals surface area contributed by atoms with E-state index < -0.39 is 0 Å². The highest BCUT2D eigenvalue weighted by molar-refractivity contribution is 6.30. The lowest BCUT2D eigenvalue weighted by Gasteiger charge is -2.14. The predicted octanol–water partition coefficient (Wildman–Crippen LogP) is 3.13. The standard InChI is InChI=1S/C13H15ClN4/c1-18(2)11-5-3-4-10(7-11)17-13-12(15)6-9(14)8-16-13/h3-8H,15H2,1-2H3,(H,16,17). The Morgan fingerprint density at radius 3 is 2.72 bits per heavy atom. The minimum atomic E-state index is 0.526. The van der Waals surface area contributed by atoms with Gasteiger partial charge in [0, 0.05) is 31.7 Å². The number of nitrogen functional groups attached to an aromatic ring is 1. The van der Waals surface area contributed by atoms with Crippen molar-refractivity contribution in [3.05, 3.63) is 41.6 Å². The van der Waals surface area contributed by atoms with Gasteiger partial charge in [-0.25, -0.2) is 4.98 Å². The highest BCUT2D eigenvalue weighted by Crippen LogP contribution is 2.25. The molecule has 18 heavy (non-hydrogen) atoms. The monoisotopic (exact) mass is 262 g/mol. The third-order valence-corrected chi connectivity index (χ3v) is 2.72. The molecule has 0 atom stereocenters. The number of pyridine rings is 1. The average molecular weight is 263 g/mol. The number of hydrogen-bond donors (Lipinski definition) is 2. The Morgan fingerprint density at radius 2 is 2.06 bits per heavy atom. The molecular formula is C13H15ClN4. The third-order valence-electron chi connectivity index (χ3n) is 2.51. The number of rotatable bonds is 3. The maximum absolute atomic E-state index is 5.85.